The standard InChI is InChI=1S/C46H30Cl2N6O10S2/c47-35-21-25(9-19-37(35)51-53-39-23-27-5-1-3-7-33(27)41(43(39)55)45(57)49-29-11-15-31(16-12-29)65(59,60)61)26-10-20-38(36(48)22-26)52-54-40-24-28-6-2-4-8-34(28)42(44(40)56)46(58)50-30-13-17-32(18-14-30)66(62,63)64/h1-24,55-56H,(H,49,57)(H,50,58)(H,59,60,61)(H,62,63,64). The number of hydrogen-bond acceptors (Lipinski definition) is 12. The molecule has 0 atom stereocenters. The Bertz CT molecular complexity index is 3340. The van der Waals surface area contributed by atoms with Gasteiger partial charge in [0.25, 0.3) is 32.1 Å². The minimum Gasteiger partial charge on any atom is -0.505 e. The van der Waals surface area contributed by atoms with Crippen LogP contribution in [-0.2, 0) is 20.2 Å². The lowest BCUT2D eigenvalue weighted by atomic mass is 10.0. The monoisotopic (exact) mass is 960 g/mol. The van der Waals surface area contributed by atoms with E-state index in [4.69, 9.17) is 23.2 Å². The summed E-state index contributed by atoms with van der Waals surface area (Å²) in [5.41, 5.74) is 1.81. The number of amides is 2. The van der Waals surface area contributed by atoms with Crippen LogP contribution in [0.15, 0.2) is 176 Å². The first-order valence-corrected chi connectivity index (χ1v) is 22.8. The Hall–Kier alpha value is -7.58. The van der Waals surface area contributed by atoms with Crippen LogP contribution in [-0.4, -0.2) is 48.0 Å². The van der Waals surface area contributed by atoms with E-state index in [0.717, 1.165) is 24.3 Å². The van der Waals surface area contributed by atoms with E-state index in [-0.39, 0.29) is 65.1 Å². The molecule has 0 heterocycles. The van der Waals surface area contributed by atoms with Crippen LogP contribution in [0.2, 0.25) is 10.0 Å². The van der Waals surface area contributed by atoms with Gasteiger partial charge >= 0.3 is 0 Å². The van der Waals surface area contributed by atoms with E-state index >= 15 is 0 Å². The summed E-state index contributed by atoms with van der Waals surface area (Å²) in [5.74, 6) is -2.39. The summed E-state index contributed by atoms with van der Waals surface area (Å²) < 4.78 is 64.3. The molecule has 0 radical (unpaired) electrons. The predicted octanol–water partition coefficient (Wildman–Crippen LogP) is 12.2. The zero-order valence-corrected chi connectivity index (χ0v) is 36.6. The molecule has 8 aromatic carbocycles. The van der Waals surface area contributed by atoms with Gasteiger partial charge in [0.1, 0.15) is 22.7 Å². The molecular weight excluding hydrogens is 932 g/mol. The molecule has 0 aliphatic heterocycles. The number of fused-ring (bicyclic) bond motifs is 2. The highest BCUT2D eigenvalue weighted by atomic mass is 35.5. The van der Waals surface area contributed by atoms with Crippen LogP contribution in [0.3, 0.4) is 0 Å². The van der Waals surface area contributed by atoms with Gasteiger partial charge in [0, 0.05) is 11.4 Å². The zero-order valence-electron chi connectivity index (χ0n) is 33.5. The number of nitrogens with one attached hydrogen (secondary N) is 2. The molecule has 330 valence electrons. The lowest BCUT2D eigenvalue weighted by Gasteiger charge is -2.12. The number of carbonyl (C=O) groups excluding carboxylic acids is 2. The van der Waals surface area contributed by atoms with Crippen LogP contribution in [0.4, 0.5) is 34.1 Å². The molecular formula is C46H30Cl2N6O10S2. The first-order valence-electron chi connectivity index (χ1n) is 19.1. The van der Waals surface area contributed by atoms with Crippen LogP contribution in [0.25, 0.3) is 32.7 Å². The second-order valence-electron chi connectivity index (χ2n) is 14.3. The number of halogens is 2. The number of benzene rings is 8. The van der Waals surface area contributed by atoms with E-state index in [2.05, 4.69) is 31.1 Å². The normalized spacial score (nSPS) is 12.0. The van der Waals surface area contributed by atoms with E-state index in [1.807, 2.05) is 0 Å². The van der Waals surface area contributed by atoms with Gasteiger partial charge in [-0.2, -0.15) is 16.8 Å². The summed E-state index contributed by atoms with van der Waals surface area (Å²) in [5, 5.41) is 47.1. The summed E-state index contributed by atoms with van der Waals surface area (Å²) in [7, 11) is -8.89. The van der Waals surface area contributed by atoms with Gasteiger partial charge in [-0.05, 0) is 118 Å². The van der Waals surface area contributed by atoms with Gasteiger partial charge in [-0.25, -0.2) is 0 Å². The van der Waals surface area contributed by atoms with Crippen LogP contribution in [0, 0.1) is 0 Å². The molecule has 16 nitrogen and oxygen atoms in total. The summed E-state index contributed by atoms with van der Waals surface area (Å²) in [6.45, 7) is 0. The van der Waals surface area contributed by atoms with Crippen molar-refractivity contribution < 1.29 is 45.7 Å². The van der Waals surface area contributed by atoms with Crippen molar-refractivity contribution in [2.45, 2.75) is 9.79 Å². The Kier molecular flexibility index (Phi) is 12.4. The van der Waals surface area contributed by atoms with E-state index in [1.165, 1.54) is 24.3 Å². The van der Waals surface area contributed by atoms with Gasteiger partial charge in [0.15, 0.2) is 11.5 Å². The van der Waals surface area contributed by atoms with E-state index in [0.29, 0.717) is 32.7 Å². The molecule has 0 aliphatic carbocycles. The van der Waals surface area contributed by atoms with Crippen molar-refractivity contribution in [3.05, 3.63) is 167 Å². The maximum absolute atomic E-state index is 13.5. The van der Waals surface area contributed by atoms with Crippen LogP contribution >= 0.6 is 23.2 Å². The smallest absolute Gasteiger partial charge is 0.294 e. The highest BCUT2D eigenvalue weighted by molar-refractivity contribution is 7.86. The van der Waals surface area contributed by atoms with Crippen molar-refractivity contribution >= 4 is 111 Å². The molecule has 0 unspecified atom stereocenters. The minimum absolute atomic E-state index is 0.0416. The molecule has 0 spiro atoms. The average Bonchev–Trinajstić information content (AvgIpc) is 3.28. The fraction of sp³-hybridized carbons (Fsp3) is 0. The van der Waals surface area contributed by atoms with E-state index in [1.54, 1.807) is 97.1 Å². The molecule has 0 bridgehead atoms. The molecule has 0 saturated carbocycles. The molecule has 8 aromatic rings. The molecule has 0 fully saturated rings. The van der Waals surface area contributed by atoms with Crippen molar-refractivity contribution in [2.75, 3.05) is 10.6 Å². The fourth-order valence-corrected chi connectivity index (χ4v) is 8.21. The van der Waals surface area contributed by atoms with Crippen molar-refractivity contribution in [1.82, 2.24) is 0 Å². The fourth-order valence-electron chi connectivity index (χ4n) is 6.81. The van der Waals surface area contributed by atoms with Crippen LogP contribution in [0.5, 0.6) is 11.5 Å². The highest BCUT2D eigenvalue weighted by Gasteiger charge is 2.22. The topological polar surface area (TPSA) is 257 Å². The zero-order chi connectivity index (χ0) is 46.9. The molecule has 2 amide bonds. The van der Waals surface area contributed by atoms with Gasteiger partial charge in [-0.15, -0.1) is 20.5 Å². The number of azo groups is 2. The summed E-state index contributed by atoms with van der Waals surface area (Å²) in [6, 6.07) is 36.2. The third kappa shape index (κ3) is 9.59. The molecule has 8 rings (SSSR count). The Balaban J connectivity index is 1.01. The van der Waals surface area contributed by atoms with Gasteiger partial charge in [0.05, 0.1) is 31.0 Å². The Morgan fingerprint density at radius 1 is 0.455 bits per heavy atom. The van der Waals surface area contributed by atoms with Crippen molar-refractivity contribution in [3.8, 4) is 22.6 Å². The summed E-state index contributed by atoms with van der Waals surface area (Å²) in [6.07, 6.45) is 0. The third-order valence-corrected chi connectivity index (χ3v) is 12.4. The second-order valence-corrected chi connectivity index (χ2v) is 18.0. The number of rotatable bonds is 11. The summed E-state index contributed by atoms with van der Waals surface area (Å²) in [4.78, 5) is 26.3. The van der Waals surface area contributed by atoms with Gasteiger partial charge < -0.3 is 20.8 Å². The SMILES string of the molecule is O=C(Nc1ccc(S(=O)(=O)O)cc1)c1c(O)c(N=Nc2ccc(-c3ccc(N=Nc4cc5ccccc5c(C(=O)Nc5ccc(S(=O)(=O)O)cc5)c4O)c(Cl)c3)cc2Cl)cc2ccccc12. The van der Waals surface area contributed by atoms with Crippen LogP contribution < -0.4 is 10.6 Å². The van der Waals surface area contributed by atoms with Crippen molar-refractivity contribution in [3.63, 3.8) is 0 Å². The number of carbonyl (C=O) groups is 2. The van der Waals surface area contributed by atoms with Crippen LogP contribution in [0.1, 0.15) is 20.7 Å². The predicted molar refractivity (Wildman–Crippen MR) is 250 cm³/mol. The number of phenolic OH excluding ortho intramolecular Hbond substituents is 2. The molecule has 0 aromatic heterocycles. The number of hydrogen-bond donors (Lipinski definition) is 6. The van der Waals surface area contributed by atoms with Gasteiger partial charge in [-0.3, -0.25) is 18.7 Å². The number of aromatic hydroxyl groups is 2. The highest BCUT2D eigenvalue weighted by Crippen LogP contribution is 2.42. The number of anilines is 2. The first-order chi connectivity index (χ1) is 31.4. The number of phenols is 2. The molecule has 0 saturated heterocycles. The van der Waals surface area contributed by atoms with E-state index in [9.17, 15) is 45.7 Å². The Morgan fingerprint density at radius 3 is 1.15 bits per heavy atom. The Morgan fingerprint density at radius 2 is 0.803 bits per heavy atom. The van der Waals surface area contributed by atoms with Crippen molar-refractivity contribution in [2.24, 2.45) is 20.5 Å². The largest absolute Gasteiger partial charge is 0.505 e. The first kappa shape index (κ1) is 45.0. The molecule has 6 N–H and O–H groups in total. The third-order valence-electron chi connectivity index (χ3n) is 10.0. The van der Waals surface area contributed by atoms with E-state index < -0.39 is 43.5 Å². The lowest BCUT2D eigenvalue weighted by molar-refractivity contribution is 0.101. The molecule has 0 aliphatic rings. The maximum atomic E-state index is 13.5. The van der Waals surface area contributed by atoms with Crippen molar-refractivity contribution in [1.29, 1.82) is 0 Å². The van der Waals surface area contributed by atoms with Gasteiger partial charge in [-0.1, -0.05) is 83.9 Å². The molecule has 20 heteroatoms. The average molecular weight is 962 g/mol. The second kappa shape index (κ2) is 18.1. The molecule has 66 heavy (non-hydrogen) atoms. The number of nitrogens with zero attached hydrogens (tertiary/aromatic N) is 4. The maximum Gasteiger partial charge on any atom is 0.294 e. The lowest BCUT2D eigenvalue weighted by Crippen LogP contribution is -2.13. The van der Waals surface area contributed by atoms with Gasteiger partial charge in [0.2, 0.25) is 0 Å². The quantitative estimate of drug-likeness (QED) is 0.0528. The summed E-state index contributed by atoms with van der Waals surface area (Å²) >= 11 is 13.3. The Labute approximate surface area is 385 Å². The minimum atomic E-state index is -4.45.